The minimum atomic E-state index is -1.71. The van der Waals surface area contributed by atoms with Gasteiger partial charge in [0.05, 0.1) is 0 Å². The lowest BCUT2D eigenvalue weighted by Crippen LogP contribution is -2.27. The molecular weight excluding hydrogens is 486 g/mol. The highest BCUT2D eigenvalue weighted by Crippen LogP contribution is 2.28. The third-order valence-corrected chi connectivity index (χ3v) is 6.97. The quantitative estimate of drug-likeness (QED) is 0.309. The molecule has 35 heavy (non-hydrogen) atoms. The van der Waals surface area contributed by atoms with Crippen molar-refractivity contribution in [2.24, 2.45) is 0 Å². The van der Waals surface area contributed by atoms with Crippen molar-refractivity contribution in [1.82, 2.24) is 4.98 Å². The zero-order valence-electron chi connectivity index (χ0n) is 19.4. The number of carbonyl (C=O) groups is 1. The molecule has 2 heterocycles. The number of hydrogen-bond acceptors (Lipinski definition) is 7. The number of para-hydroxylation sites is 1. The predicted molar refractivity (Wildman–Crippen MR) is 137 cm³/mol. The number of hydrogen-bond donors (Lipinski definition) is 2. The monoisotopic (exact) mass is 511 g/mol. The lowest BCUT2D eigenvalue weighted by Gasteiger charge is -2.19. The lowest BCUT2D eigenvalue weighted by molar-refractivity contribution is 0.0636. The maximum Gasteiger partial charge on any atom is 0.412 e. The van der Waals surface area contributed by atoms with Gasteiger partial charge in [-0.3, -0.25) is 5.32 Å². The van der Waals surface area contributed by atoms with Gasteiger partial charge < -0.3 is 18.3 Å². The first kappa shape index (κ1) is 24.9. The summed E-state index contributed by atoms with van der Waals surface area (Å²) in [6, 6.07) is 19.4. The summed E-state index contributed by atoms with van der Waals surface area (Å²) in [5, 5.41) is 4.04. The molecular formula is C25H25N3O5S2. The molecule has 0 saturated heterocycles. The maximum atomic E-state index is 13.2. The Morgan fingerprint density at radius 1 is 1.06 bits per heavy atom. The van der Waals surface area contributed by atoms with Crippen LogP contribution in [0.15, 0.2) is 87.5 Å². The standard InChI is InChI=1S/C25H25N3O5S2/c1-25(2,3)33-24(29)27-19-10-6-8-17(14-19)16-34(30)23-20(11-7-13-26-23)28-35(31)22-15-18-9-4-5-12-21(18)32-22/h4-15,28H,16H2,1-3H3,(H,27,29). The van der Waals surface area contributed by atoms with Crippen LogP contribution in [0, 0.1) is 0 Å². The van der Waals surface area contributed by atoms with Gasteiger partial charge in [0.1, 0.15) is 28.3 Å². The number of fused-ring (bicyclic) bond motifs is 1. The van der Waals surface area contributed by atoms with E-state index < -0.39 is 34.2 Å². The smallest absolute Gasteiger partial charge is 0.412 e. The summed E-state index contributed by atoms with van der Waals surface area (Å²) in [6.07, 6.45) is 0.961. The van der Waals surface area contributed by atoms with Crippen LogP contribution in [-0.4, -0.2) is 25.8 Å². The SMILES string of the molecule is CC(C)(C)OC(=O)Nc1cccc(C[S+]([O-])c2ncccc2N[S+]([O-])c2cc3ccccc3o2)c1. The van der Waals surface area contributed by atoms with Crippen molar-refractivity contribution in [3.05, 3.63) is 78.5 Å². The third kappa shape index (κ3) is 6.70. The zero-order valence-corrected chi connectivity index (χ0v) is 21.1. The van der Waals surface area contributed by atoms with Crippen molar-refractivity contribution in [2.45, 2.75) is 42.2 Å². The zero-order chi connectivity index (χ0) is 25.0. The number of pyridine rings is 1. The van der Waals surface area contributed by atoms with E-state index in [0.29, 0.717) is 17.0 Å². The van der Waals surface area contributed by atoms with Gasteiger partial charge in [0.2, 0.25) is 0 Å². The van der Waals surface area contributed by atoms with Gasteiger partial charge in [-0.25, -0.2) is 9.78 Å². The van der Waals surface area contributed by atoms with Gasteiger partial charge in [0.15, 0.2) is 5.69 Å². The van der Waals surface area contributed by atoms with Crippen LogP contribution in [0.2, 0.25) is 0 Å². The van der Waals surface area contributed by atoms with Gasteiger partial charge >= 0.3 is 11.2 Å². The average molecular weight is 512 g/mol. The molecule has 2 aromatic heterocycles. The topological polar surface area (TPSA) is 123 Å². The van der Waals surface area contributed by atoms with Crippen molar-refractivity contribution >= 4 is 51.0 Å². The van der Waals surface area contributed by atoms with Crippen molar-refractivity contribution in [3.63, 3.8) is 0 Å². The van der Waals surface area contributed by atoms with Crippen LogP contribution >= 0.6 is 0 Å². The molecule has 2 atom stereocenters. The van der Waals surface area contributed by atoms with Crippen molar-refractivity contribution in [1.29, 1.82) is 0 Å². The lowest BCUT2D eigenvalue weighted by atomic mass is 10.2. The summed E-state index contributed by atoms with van der Waals surface area (Å²) in [5.41, 5.74) is 1.65. The molecule has 2 N–H and O–H groups in total. The molecule has 0 bridgehead atoms. The Labute approximate surface area is 209 Å². The number of amides is 1. The van der Waals surface area contributed by atoms with Gasteiger partial charge in [-0.15, -0.1) is 0 Å². The van der Waals surface area contributed by atoms with Gasteiger partial charge in [-0.2, -0.15) is 4.72 Å². The number of ether oxygens (including phenoxy) is 1. The second-order valence-electron chi connectivity index (χ2n) is 8.65. The Balaban J connectivity index is 1.46. The molecule has 0 radical (unpaired) electrons. The molecule has 2 unspecified atom stereocenters. The Hall–Kier alpha value is -3.18. The van der Waals surface area contributed by atoms with E-state index in [1.165, 1.54) is 6.20 Å². The molecule has 4 aromatic rings. The summed E-state index contributed by atoms with van der Waals surface area (Å²) in [4.78, 5) is 16.3. The second kappa shape index (κ2) is 10.6. The number of nitrogens with zero attached hydrogens (tertiary/aromatic N) is 1. The Morgan fingerprint density at radius 2 is 1.86 bits per heavy atom. The average Bonchev–Trinajstić information content (AvgIpc) is 3.23. The van der Waals surface area contributed by atoms with E-state index in [2.05, 4.69) is 15.0 Å². The molecule has 0 fully saturated rings. The molecule has 0 aliphatic rings. The van der Waals surface area contributed by atoms with Gasteiger partial charge in [0, 0.05) is 40.1 Å². The van der Waals surface area contributed by atoms with Crippen molar-refractivity contribution in [2.75, 3.05) is 10.0 Å². The molecule has 4 rings (SSSR count). The fraction of sp³-hybridized carbons (Fsp3) is 0.200. The first-order valence-electron chi connectivity index (χ1n) is 10.8. The number of furan rings is 1. The van der Waals surface area contributed by atoms with E-state index >= 15 is 0 Å². The van der Waals surface area contributed by atoms with E-state index in [0.717, 1.165) is 10.9 Å². The number of rotatable bonds is 7. The van der Waals surface area contributed by atoms with Crippen molar-refractivity contribution < 1.29 is 23.1 Å². The molecule has 0 aliphatic heterocycles. The Bertz CT molecular complexity index is 1290. The number of nitrogens with one attached hydrogen (secondary N) is 2. The predicted octanol–water partition coefficient (Wildman–Crippen LogP) is 5.62. The van der Waals surface area contributed by atoms with Gasteiger partial charge in [-0.1, -0.05) is 30.3 Å². The minimum absolute atomic E-state index is 0.146. The van der Waals surface area contributed by atoms with E-state index in [9.17, 15) is 13.9 Å². The maximum absolute atomic E-state index is 13.2. The van der Waals surface area contributed by atoms with Crippen LogP contribution in [0.25, 0.3) is 11.0 Å². The van der Waals surface area contributed by atoms with Crippen LogP contribution in [-0.2, 0) is 33.0 Å². The van der Waals surface area contributed by atoms with E-state index in [-0.39, 0.29) is 15.9 Å². The first-order chi connectivity index (χ1) is 16.7. The number of anilines is 2. The third-order valence-electron chi connectivity index (χ3n) is 4.65. The summed E-state index contributed by atoms with van der Waals surface area (Å²) >= 11 is -3.26. The van der Waals surface area contributed by atoms with Crippen molar-refractivity contribution in [3.8, 4) is 0 Å². The number of carbonyl (C=O) groups excluding carboxylic acids is 1. The van der Waals surface area contributed by atoms with Crippen LogP contribution in [0.3, 0.4) is 0 Å². The Kier molecular flexibility index (Phi) is 7.56. The van der Waals surface area contributed by atoms with E-state index in [1.807, 2.05) is 18.2 Å². The largest absolute Gasteiger partial charge is 0.610 e. The molecule has 1 amide bonds. The molecule has 0 saturated carbocycles. The summed E-state index contributed by atoms with van der Waals surface area (Å²) < 4.78 is 39.9. The van der Waals surface area contributed by atoms with Crippen LogP contribution in [0.4, 0.5) is 16.2 Å². The van der Waals surface area contributed by atoms with Gasteiger partial charge in [0.25, 0.3) is 5.03 Å². The highest BCUT2D eigenvalue weighted by Gasteiger charge is 2.25. The molecule has 182 valence electrons. The normalized spacial score (nSPS) is 13.3. The molecule has 0 spiro atoms. The minimum Gasteiger partial charge on any atom is -0.610 e. The highest BCUT2D eigenvalue weighted by molar-refractivity contribution is 7.93. The fourth-order valence-corrected chi connectivity index (χ4v) is 5.32. The molecule has 2 aromatic carbocycles. The van der Waals surface area contributed by atoms with E-state index in [1.54, 1.807) is 69.3 Å². The van der Waals surface area contributed by atoms with Crippen LogP contribution in [0.1, 0.15) is 26.3 Å². The molecule has 8 nitrogen and oxygen atoms in total. The van der Waals surface area contributed by atoms with E-state index in [4.69, 9.17) is 9.15 Å². The first-order valence-corrected chi connectivity index (χ1v) is 13.2. The molecule has 10 heteroatoms. The summed E-state index contributed by atoms with van der Waals surface area (Å²) in [5.74, 6) is 0.146. The fourth-order valence-electron chi connectivity index (χ4n) is 3.23. The van der Waals surface area contributed by atoms with Crippen LogP contribution < -0.4 is 10.0 Å². The number of aromatic nitrogens is 1. The highest BCUT2D eigenvalue weighted by atomic mass is 32.2. The Morgan fingerprint density at radius 3 is 2.63 bits per heavy atom. The molecule has 0 aliphatic carbocycles. The number of benzene rings is 2. The second-order valence-corrected chi connectivity index (χ2v) is 11.2. The van der Waals surface area contributed by atoms with Gasteiger partial charge in [-0.05, 0) is 51.1 Å². The summed E-state index contributed by atoms with van der Waals surface area (Å²) in [6.45, 7) is 5.35. The summed E-state index contributed by atoms with van der Waals surface area (Å²) in [7, 11) is 0. The van der Waals surface area contributed by atoms with Crippen LogP contribution in [0.5, 0.6) is 0 Å².